The first-order chi connectivity index (χ1) is 6.68. The van der Waals surface area contributed by atoms with Crippen molar-refractivity contribution in [1.82, 2.24) is 0 Å². The van der Waals surface area contributed by atoms with Crippen molar-refractivity contribution in [1.29, 1.82) is 0 Å². The van der Waals surface area contributed by atoms with Crippen LogP contribution in [0.4, 0.5) is 0 Å². The molecule has 0 aliphatic carbocycles. The van der Waals surface area contributed by atoms with E-state index >= 15 is 0 Å². The van der Waals surface area contributed by atoms with Crippen LogP contribution in [0.15, 0.2) is 16.0 Å². The summed E-state index contributed by atoms with van der Waals surface area (Å²) in [5.41, 5.74) is 4.09. The molecule has 0 aromatic heterocycles. The van der Waals surface area contributed by atoms with Gasteiger partial charge >= 0.3 is 0 Å². The largest absolute Gasteiger partial charge is 0.362 e. The molecule has 0 fully saturated rings. The van der Waals surface area contributed by atoms with Gasteiger partial charge in [-0.2, -0.15) is 0 Å². The van der Waals surface area contributed by atoms with E-state index in [0.717, 1.165) is 0 Å². The van der Waals surface area contributed by atoms with Crippen molar-refractivity contribution in [2.45, 2.75) is 5.54 Å². The molecule has 0 radical (unpaired) electrons. The van der Waals surface area contributed by atoms with Gasteiger partial charge in [-0.15, -0.1) is 14.7 Å². The molecule has 0 saturated heterocycles. The first-order valence-electron chi connectivity index (χ1n) is 3.31. The fourth-order valence-corrected chi connectivity index (χ4v) is 0.590. The van der Waals surface area contributed by atoms with Gasteiger partial charge in [-0.05, 0) is 0 Å². The van der Waals surface area contributed by atoms with Gasteiger partial charge in [-0.3, -0.25) is 0 Å². The fourth-order valence-electron chi connectivity index (χ4n) is 0.590. The number of rotatable bonds is 9. The van der Waals surface area contributed by atoms with Gasteiger partial charge < -0.3 is 20.2 Å². The van der Waals surface area contributed by atoms with Gasteiger partial charge in [0.25, 0.3) is 0 Å². The van der Waals surface area contributed by atoms with Gasteiger partial charge in [-0.25, -0.2) is 0 Å². The van der Waals surface area contributed by atoms with Gasteiger partial charge in [-0.1, -0.05) is 0 Å². The predicted molar refractivity (Wildman–Crippen MR) is 42.2 cm³/mol. The summed E-state index contributed by atoms with van der Waals surface area (Å²) in [6.45, 7) is -1.20. The van der Waals surface area contributed by atoms with Crippen molar-refractivity contribution < 1.29 is 14.5 Å². The molecule has 10 heteroatoms. The molecule has 0 spiro atoms. The molecule has 0 bridgehead atoms. The van der Waals surface area contributed by atoms with E-state index in [1.807, 2.05) is 0 Å². The highest BCUT2D eigenvalue weighted by atomic mass is 16.7. The van der Waals surface area contributed by atoms with Crippen molar-refractivity contribution in [3.8, 4) is 0 Å². The quantitative estimate of drug-likeness (QED) is 0.407. The molecule has 2 N–H and O–H groups in total. The molecule has 0 unspecified atom stereocenters. The van der Waals surface area contributed by atoms with Crippen molar-refractivity contribution >= 4 is 0 Å². The molecule has 0 aromatic rings. The highest BCUT2D eigenvalue weighted by Gasteiger charge is 2.30. The smallest absolute Gasteiger partial charge is 0.155 e. The Labute approximate surface area is 77.5 Å². The van der Waals surface area contributed by atoms with Gasteiger partial charge in [0.2, 0.25) is 0 Å². The van der Waals surface area contributed by atoms with Crippen LogP contribution in [0.5, 0.6) is 0 Å². The van der Waals surface area contributed by atoms with E-state index in [0.29, 0.717) is 0 Å². The van der Waals surface area contributed by atoms with Gasteiger partial charge in [0.05, 0.1) is 0 Å². The minimum Gasteiger partial charge on any atom is -0.362 e. The number of nitrogens with two attached hydrogens (primary N) is 1. The Bertz CT molecular complexity index is 167. The monoisotopic (exact) mass is 208 g/mol. The lowest BCUT2D eigenvalue weighted by molar-refractivity contribution is -0.0228. The maximum absolute atomic E-state index is 9.62. The second-order valence-electron chi connectivity index (χ2n) is 2.41. The second-order valence-corrected chi connectivity index (χ2v) is 2.41. The summed E-state index contributed by atoms with van der Waals surface area (Å²) >= 11 is 0. The minimum absolute atomic E-state index is 0.401. The maximum atomic E-state index is 9.62. The highest BCUT2D eigenvalue weighted by molar-refractivity contribution is 4.83. The van der Waals surface area contributed by atoms with Crippen LogP contribution in [0, 0.1) is 14.7 Å². The number of nitrogens with zero attached hydrogens (tertiary/aromatic N) is 3. The van der Waals surface area contributed by atoms with E-state index < -0.39 is 25.4 Å². The Balaban J connectivity index is 4.07. The van der Waals surface area contributed by atoms with Crippen molar-refractivity contribution in [3.05, 3.63) is 14.7 Å². The van der Waals surface area contributed by atoms with Crippen LogP contribution in [-0.2, 0) is 14.5 Å². The molecule has 0 rings (SSSR count). The lowest BCUT2D eigenvalue weighted by Crippen LogP contribution is -2.52. The van der Waals surface area contributed by atoms with Crippen molar-refractivity contribution in [2.75, 3.05) is 19.8 Å². The second kappa shape index (κ2) is 6.65. The highest BCUT2D eigenvalue weighted by Crippen LogP contribution is 2.04. The number of hydrogen-bond acceptors (Lipinski definition) is 10. The summed E-state index contributed by atoms with van der Waals surface area (Å²) in [5.74, 6) is 0. The zero-order valence-corrected chi connectivity index (χ0v) is 6.99. The Morgan fingerprint density at radius 1 is 0.857 bits per heavy atom. The average molecular weight is 208 g/mol. The molecule has 0 aliphatic heterocycles. The van der Waals surface area contributed by atoms with Crippen LogP contribution in [-0.4, -0.2) is 25.4 Å². The summed E-state index contributed by atoms with van der Waals surface area (Å²) in [6.07, 6.45) is 0. The molecule has 0 aromatic carbocycles. The van der Waals surface area contributed by atoms with Crippen molar-refractivity contribution in [3.63, 3.8) is 0 Å². The Hall–Kier alpha value is -1.84. The first-order valence-corrected chi connectivity index (χ1v) is 3.31. The van der Waals surface area contributed by atoms with Crippen LogP contribution in [0.3, 0.4) is 0 Å². The predicted octanol–water partition coefficient (Wildman–Crippen LogP) is -0.222. The summed E-state index contributed by atoms with van der Waals surface area (Å²) in [5, 5.41) is 6.23. The molecule has 10 nitrogen and oxygen atoms in total. The Morgan fingerprint density at radius 2 is 1.14 bits per heavy atom. The number of hydrogen-bond donors (Lipinski definition) is 1. The molecule has 0 atom stereocenters. The lowest BCUT2D eigenvalue weighted by Gasteiger charge is -2.22. The Morgan fingerprint density at radius 3 is 1.36 bits per heavy atom. The zero-order chi connectivity index (χ0) is 10.9. The zero-order valence-electron chi connectivity index (χ0n) is 6.99. The molecule has 0 amide bonds. The molecule has 0 saturated carbocycles. The Kier molecular flexibility index (Phi) is 5.78. The first kappa shape index (κ1) is 12.2. The minimum atomic E-state index is -1.39. The normalized spacial score (nSPS) is 10.1. The van der Waals surface area contributed by atoms with Gasteiger partial charge in [0.1, 0.15) is 25.4 Å². The third-order valence-electron chi connectivity index (χ3n) is 1.21. The molecule has 80 valence electrons. The van der Waals surface area contributed by atoms with E-state index in [2.05, 4.69) is 30.5 Å². The standard InChI is InChI=1S/C4H8N4O6/c5-4(1-12-6-9,2-13-7-10)3-14-8-11/h1-3,5H2. The lowest BCUT2D eigenvalue weighted by atomic mass is 10.1. The average Bonchev–Trinajstić information content (AvgIpc) is 2.21. The molecular formula is C4H8N4O6. The van der Waals surface area contributed by atoms with E-state index in [-0.39, 0.29) is 0 Å². The molecule has 14 heavy (non-hydrogen) atoms. The van der Waals surface area contributed by atoms with Crippen LogP contribution < -0.4 is 5.73 Å². The van der Waals surface area contributed by atoms with Gasteiger partial charge in [0, 0.05) is 0 Å². The third-order valence-corrected chi connectivity index (χ3v) is 1.21. The van der Waals surface area contributed by atoms with Crippen LogP contribution in [0.1, 0.15) is 0 Å². The topological polar surface area (TPSA) is 142 Å². The van der Waals surface area contributed by atoms with Crippen LogP contribution in [0.2, 0.25) is 0 Å². The van der Waals surface area contributed by atoms with E-state index in [4.69, 9.17) is 5.73 Å². The maximum Gasteiger partial charge on any atom is 0.155 e. The van der Waals surface area contributed by atoms with E-state index in [9.17, 15) is 14.7 Å². The molecular weight excluding hydrogens is 200 g/mol. The van der Waals surface area contributed by atoms with E-state index in [1.165, 1.54) is 0 Å². The molecule has 0 aliphatic rings. The summed E-state index contributed by atoms with van der Waals surface area (Å²) < 4.78 is 0. The van der Waals surface area contributed by atoms with Crippen molar-refractivity contribution in [2.24, 2.45) is 21.8 Å². The summed E-state index contributed by atoms with van der Waals surface area (Å²) in [7, 11) is 0. The SMILES string of the molecule is NC(CON=O)(CON=O)CON=O. The van der Waals surface area contributed by atoms with Crippen LogP contribution >= 0.6 is 0 Å². The third kappa shape index (κ3) is 4.92. The molecule has 0 heterocycles. The fraction of sp³-hybridized carbons (Fsp3) is 1.00. The summed E-state index contributed by atoms with van der Waals surface area (Å²) in [4.78, 5) is 41.1. The van der Waals surface area contributed by atoms with E-state index in [1.54, 1.807) is 0 Å². The summed E-state index contributed by atoms with van der Waals surface area (Å²) in [6, 6.07) is 0. The van der Waals surface area contributed by atoms with Crippen LogP contribution in [0.25, 0.3) is 0 Å². The van der Waals surface area contributed by atoms with Gasteiger partial charge in [0.15, 0.2) is 16.0 Å².